The normalized spacial score (nSPS) is 20.2. The topological polar surface area (TPSA) is 70.4 Å². The van der Waals surface area contributed by atoms with Crippen molar-refractivity contribution in [2.24, 2.45) is 12.0 Å². The molecule has 0 aliphatic carbocycles. The second kappa shape index (κ2) is 10.4. The van der Waals surface area contributed by atoms with Crippen molar-refractivity contribution in [2.45, 2.75) is 65.2 Å². The highest BCUT2D eigenvalue weighted by atomic mass is 15.3. The van der Waals surface area contributed by atoms with Crippen molar-refractivity contribution in [1.29, 1.82) is 0 Å². The first-order chi connectivity index (χ1) is 14.1. The van der Waals surface area contributed by atoms with Crippen molar-refractivity contribution in [3.8, 4) is 0 Å². The zero-order valence-electron chi connectivity index (χ0n) is 18.2. The fraction of sp³-hybridized carbons (Fsp3) is 0.591. The van der Waals surface area contributed by atoms with Gasteiger partial charge in [0, 0.05) is 38.8 Å². The summed E-state index contributed by atoms with van der Waals surface area (Å²) in [7, 11) is 1.98. The summed E-state index contributed by atoms with van der Waals surface area (Å²) in [4.78, 5) is 7.33. The third-order valence-electron chi connectivity index (χ3n) is 5.66. The number of aliphatic imine (C=N–C) groups is 1. The van der Waals surface area contributed by atoms with Crippen LogP contribution in [0.3, 0.4) is 0 Å². The van der Waals surface area contributed by atoms with Crippen LogP contribution in [0.5, 0.6) is 0 Å². The number of aryl methyl sites for hydroxylation is 1. The number of nitrogens with one attached hydrogen (secondary N) is 2. The first kappa shape index (κ1) is 21.3. The molecule has 1 aromatic carbocycles. The Morgan fingerprint density at radius 3 is 2.72 bits per heavy atom. The second-order valence-electron chi connectivity index (χ2n) is 8.01. The zero-order chi connectivity index (χ0) is 20.6. The van der Waals surface area contributed by atoms with Gasteiger partial charge in [-0.05, 0) is 32.3 Å². The van der Waals surface area contributed by atoms with Gasteiger partial charge in [0.05, 0.1) is 0 Å². The Labute approximate surface area is 174 Å². The molecule has 7 nitrogen and oxygen atoms in total. The molecule has 2 unspecified atom stereocenters. The molecule has 2 N–H and O–H groups in total. The lowest BCUT2D eigenvalue weighted by Gasteiger charge is -2.21. The number of rotatable bonds is 8. The summed E-state index contributed by atoms with van der Waals surface area (Å²) in [5.74, 6) is 2.66. The molecular formula is C22H35N7. The Balaban J connectivity index is 1.60. The van der Waals surface area contributed by atoms with Crippen LogP contribution in [0.15, 0.2) is 35.3 Å². The minimum absolute atomic E-state index is 0.392. The van der Waals surface area contributed by atoms with Crippen LogP contribution in [-0.2, 0) is 20.1 Å². The van der Waals surface area contributed by atoms with Crippen molar-refractivity contribution >= 4 is 5.96 Å². The van der Waals surface area contributed by atoms with E-state index in [-0.39, 0.29) is 0 Å². The van der Waals surface area contributed by atoms with Crippen molar-refractivity contribution in [1.82, 2.24) is 30.3 Å². The maximum absolute atomic E-state index is 4.79. The summed E-state index contributed by atoms with van der Waals surface area (Å²) in [6.45, 7) is 9.94. The molecule has 1 saturated heterocycles. The molecular weight excluding hydrogens is 362 g/mol. The molecule has 1 aromatic heterocycles. The number of unbranched alkanes of at least 4 members (excludes halogenated alkanes) is 1. The van der Waals surface area contributed by atoms with Gasteiger partial charge in [-0.25, -0.2) is 4.99 Å². The number of nitrogens with zero attached hydrogens (tertiary/aromatic N) is 5. The van der Waals surface area contributed by atoms with Crippen LogP contribution in [-0.4, -0.2) is 50.8 Å². The Kier molecular flexibility index (Phi) is 7.63. The average Bonchev–Trinajstić information content (AvgIpc) is 3.22. The van der Waals surface area contributed by atoms with Crippen LogP contribution in [0.4, 0.5) is 0 Å². The van der Waals surface area contributed by atoms with E-state index in [4.69, 9.17) is 4.99 Å². The highest BCUT2D eigenvalue weighted by Crippen LogP contribution is 2.20. The van der Waals surface area contributed by atoms with Gasteiger partial charge in [0.1, 0.15) is 12.4 Å². The van der Waals surface area contributed by atoms with E-state index in [9.17, 15) is 0 Å². The molecule has 1 aliphatic heterocycles. The van der Waals surface area contributed by atoms with Crippen molar-refractivity contribution in [2.75, 3.05) is 13.1 Å². The summed E-state index contributed by atoms with van der Waals surface area (Å²) in [6, 6.07) is 11.6. The molecule has 158 valence electrons. The lowest BCUT2D eigenvalue weighted by atomic mass is 10.2. The van der Waals surface area contributed by atoms with E-state index < -0.39 is 0 Å². The highest BCUT2D eigenvalue weighted by molar-refractivity contribution is 5.80. The number of hydrogen-bond donors (Lipinski definition) is 2. The van der Waals surface area contributed by atoms with Gasteiger partial charge in [-0.3, -0.25) is 4.90 Å². The quantitative estimate of drug-likeness (QED) is 0.407. The third kappa shape index (κ3) is 6.03. The second-order valence-corrected chi connectivity index (χ2v) is 8.01. The molecule has 0 bridgehead atoms. The monoisotopic (exact) mass is 397 g/mol. The van der Waals surface area contributed by atoms with Gasteiger partial charge in [0.25, 0.3) is 0 Å². The molecule has 0 saturated carbocycles. The molecule has 7 heteroatoms. The maximum atomic E-state index is 4.79. The molecule has 0 amide bonds. The van der Waals surface area contributed by atoms with Gasteiger partial charge >= 0.3 is 0 Å². The van der Waals surface area contributed by atoms with Crippen LogP contribution in [0.2, 0.25) is 0 Å². The summed E-state index contributed by atoms with van der Waals surface area (Å²) in [5.41, 5.74) is 1.37. The minimum atomic E-state index is 0.392. The molecule has 2 atom stereocenters. The van der Waals surface area contributed by atoms with Crippen LogP contribution < -0.4 is 10.6 Å². The fourth-order valence-electron chi connectivity index (χ4n) is 3.71. The molecule has 2 heterocycles. The van der Waals surface area contributed by atoms with E-state index in [1.165, 1.54) is 5.56 Å². The first-order valence-electron chi connectivity index (χ1n) is 10.7. The standard InChI is InChI=1S/C22H35N7/c1-5-6-12-23-22(24-14-21-27-26-18(3)28(21)4)25-20-13-17(2)29(16-20)15-19-10-8-7-9-11-19/h7-11,17,20H,5-6,12-16H2,1-4H3,(H2,23,24,25). The molecule has 2 aromatic rings. The highest BCUT2D eigenvalue weighted by Gasteiger charge is 2.29. The third-order valence-corrected chi connectivity index (χ3v) is 5.66. The maximum Gasteiger partial charge on any atom is 0.191 e. The Bertz CT molecular complexity index is 784. The van der Waals surface area contributed by atoms with Crippen LogP contribution >= 0.6 is 0 Å². The average molecular weight is 398 g/mol. The lowest BCUT2D eigenvalue weighted by Crippen LogP contribution is -2.45. The zero-order valence-corrected chi connectivity index (χ0v) is 18.2. The van der Waals surface area contributed by atoms with E-state index >= 15 is 0 Å². The van der Waals surface area contributed by atoms with Gasteiger partial charge in [-0.15, -0.1) is 10.2 Å². The molecule has 1 aliphatic rings. The molecule has 1 fully saturated rings. The van der Waals surface area contributed by atoms with E-state index in [0.29, 0.717) is 18.6 Å². The predicted molar refractivity (Wildman–Crippen MR) is 118 cm³/mol. The van der Waals surface area contributed by atoms with Crippen LogP contribution in [0, 0.1) is 6.92 Å². The van der Waals surface area contributed by atoms with Gasteiger partial charge in [-0.2, -0.15) is 0 Å². The fourth-order valence-corrected chi connectivity index (χ4v) is 3.71. The van der Waals surface area contributed by atoms with Gasteiger partial charge < -0.3 is 15.2 Å². The molecule has 3 rings (SSSR count). The van der Waals surface area contributed by atoms with Crippen LogP contribution in [0.25, 0.3) is 0 Å². The summed E-state index contributed by atoms with van der Waals surface area (Å²) in [6.07, 6.45) is 3.41. The van der Waals surface area contributed by atoms with Gasteiger partial charge in [-0.1, -0.05) is 43.7 Å². The Hall–Kier alpha value is -2.41. The smallest absolute Gasteiger partial charge is 0.191 e. The number of aromatic nitrogens is 3. The Morgan fingerprint density at radius 2 is 2.03 bits per heavy atom. The summed E-state index contributed by atoms with van der Waals surface area (Å²) < 4.78 is 1.99. The molecule has 0 spiro atoms. The van der Waals surface area contributed by atoms with Crippen molar-refractivity contribution in [3.05, 3.63) is 47.5 Å². The van der Waals surface area contributed by atoms with E-state index in [1.54, 1.807) is 0 Å². The molecule has 29 heavy (non-hydrogen) atoms. The van der Waals surface area contributed by atoms with Crippen molar-refractivity contribution in [3.63, 3.8) is 0 Å². The van der Waals surface area contributed by atoms with Gasteiger partial charge in [0.15, 0.2) is 11.8 Å². The minimum Gasteiger partial charge on any atom is -0.356 e. The van der Waals surface area contributed by atoms with E-state index in [2.05, 4.69) is 69.9 Å². The largest absolute Gasteiger partial charge is 0.356 e. The number of guanidine groups is 1. The summed E-state index contributed by atoms with van der Waals surface area (Å²) >= 11 is 0. The van der Waals surface area contributed by atoms with E-state index in [1.807, 2.05) is 18.5 Å². The number of benzene rings is 1. The Morgan fingerprint density at radius 1 is 1.24 bits per heavy atom. The first-order valence-corrected chi connectivity index (χ1v) is 10.7. The lowest BCUT2D eigenvalue weighted by molar-refractivity contribution is 0.258. The summed E-state index contributed by atoms with van der Waals surface area (Å²) in [5, 5.41) is 15.5. The van der Waals surface area contributed by atoms with Crippen molar-refractivity contribution < 1.29 is 0 Å². The van der Waals surface area contributed by atoms with E-state index in [0.717, 1.165) is 56.5 Å². The van der Waals surface area contributed by atoms with Crippen LogP contribution in [0.1, 0.15) is 50.3 Å². The molecule has 0 radical (unpaired) electrons. The number of likely N-dealkylation sites (tertiary alicyclic amines) is 1. The van der Waals surface area contributed by atoms with Gasteiger partial charge in [0.2, 0.25) is 0 Å². The predicted octanol–water partition coefficient (Wildman–Crippen LogP) is 2.62. The SMILES string of the molecule is CCCCNC(=NCc1nnc(C)n1C)NC1CC(C)N(Cc2ccccc2)C1. The number of hydrogen-bond acceptors (Lipinski definition) is 4.